The molecule has 0 bridgehead atoms. The highest BCUT2D eigenvalue weighted by atomic mass is 32.2. The molecule has 0 heterocycles. The Labute approximate surface area is 153 Å². The molecular formula is C19H22N2O4S. The molecule has 0 spiro atoms. The molecule has 3 rings (SSSR count). The molecule has 0 aliphatic heterocycles. The third-order valence-electron chi connectivity index (χ3n) is 4.83. The van der Waals surface area contributed by atoms with Crippen molar-refractivity contribution in [3.8, 4) is 0 Å². The molecule has 138 valence electrons. The molecule has 7 heteroatoms. The van der Waals surface area contributed by atoms with Crippen LogP contribution in [0, 0.1) is 10.1 Å². The van der Waals surface area contributed by atoms with E-state index in [4.69, 9.17) is 0 Å². The second kappa shape index (κ2) is 7.55. The van der Waals surface area contributed by atoms with Crippen molar-refractivity contribution in [2.45, 2.75) is 50.0 Å². The number of aryl methyl sites for hydroxylation is 2. The van der Waals surface area contributed by atoms with Gasteiger partial charge in [0.1, 0.15) is 0 Å². The minimum atomic E-state index is -4.01. The average Bonchev–Trinajstić information content (AvgIpc) is 2.65. The first-order valence-corrected chi connectivity index (χ1v) is 10.3. The molecule has 1 atom stereocenters. The van der Waals surface area contributed by atoms with Crippen molar-refractivity contribution in [1.29, 1.82) is 0 Å². The smallest absolute Gasteiger partial charge is 0.258 e. The highest BCUT2D eigenvalue weighted by molar-refractivity contribution is 7.89. The van der Waals surface area contributed by atoms with Crippen LogP contribution in [0.15, 0.2) is 47.4 Å². The number of nitrogens with one attached hydrogen (secondary N) is 1. The standard InChI is InChI=1S/C19H22N2O4S/c1-2-17(16-12-11-14-7-3-4-8-15(14)13-16)20-26(24,25)19-10-6-5-9-18(19)21(22)23/h5-6,9-13,17,20H,2-4,7-8H2,1H3/t17-/m0/s1. The Bertz CT molecular complexity index is 925. The first kappa shape index (κ1) is 18.5. The molecule has 0 amide bonds. The van der Waals surface area contributed by atoms with Crippen LogP contribution in [0.4, 0.5) is 5.69 Å². The summed E-state index contributed by atoms with van der Waals surface area (Å²) >= 11 is 0. The lowest BCUT2D eigenvalue weighted by Gasteiger charge is -2.21. The maximum Gasteiger partial charge on any atom is 0.289 e. The second-order valence-corrected chi connectivity index (χ2v) is 8.22. The van der Waals surface area contributed by atoms with Crippen LogP contribution in [0.25, 0.3) is 0 Å². The summed E-state index contributed by atoms with van der Waals surface area (Å²) in [6, 6.07) is 11.1. The minimum Gasteiger partial charge on any atom is -0.258 e. The SMILES string of the molecule is CC[C@H](NS(=O)(=O)c1ccccc1[N+](=O)[O-])c1ccc2c(c1)CCCC2. The fourth-order valence-corrected chi connectivity index (χ4v) is 4.92. The van der Waals surface area contributed by atoms with E-state index >= 15 is 0 Å². The average molecular weight is 374 g/mol. The van der Waals surface area contributed by atoms with Crippen LogP contribution in [0.1, 0.15) is 48.9 Å². The molecule has 0 unspecified atom stereocenters. The van der Waals surface area contributed by atoms with Crippen molar-refractivity contribution in [3.63, 3.8) is 0 Å². The van der Waals surface area contributed by atoms with Gasteiger partial charge in [0.15, 0.2) is 4.90 Å². The highest BCUT2D eigenvalue weighted by Crippen LogP contribution is 2.29. The highest BCUT2D eigenvalue weighted by Gasteiger charge is 2.28. The van der Waals surface area contributed by atoms with Crippen LogP contribution in [0.5, 0.6) is 0 Å². The molecule has 2 aromatic carbocycles. The van der Waals surface area contributed by atoms with E-state index in [1.54, 1.807) is 0 Å². The number of sulfonamides is 1. The minimum absolute atomic E-state index is 0.304. The zero-order valence-electron chi connectivity index (χ0n) is 14.6. The Morgan fingerprint density at radius 1 is 1.12 bits per heavy atom. The van der Waals surface area contributed by atoms with Gasteiger partial charge in [-0.05, 0) is 54.9 Å². The number of para-hydroxylation sites is 1. The molecule has 1 N–H and O–H groups in total. The van der Waals surface area contributed by atoms with Gasteiger partial charge in [0, 0.05) is 12.1 Å². The van der Waals surface area contributed by atoms with Crippen molar-refractivity contribution < 1.29 is 13.3 Å². The van der Waals surface area contributed by atoms with Gasteiger partial charge in [-0.1, -0.05) is 37.3 Å². The number of nitrogens with zero attached hydrogens (tertiary/aromatic N) is 1. The summed E-state index contributed by atoms with van der Waals surface area (Å²) in [4.78, 5) is 10.2. The summed E-state index contributed by atoms with van der Waals surface area (Å²) in [6.45, 7) is 1.89. The van der Waals surface area contributed by atoms with Gasteiger partial charge in [-0.15, -0.1) is 0 Å². The van der Waals surface area contributed by atoms with Gasteiger partial charge in [0.2, 0.25) is 10.0 Å². The third-order valence-corrected chi connectivity index (χ3v) is 6.35. The largest absolute Gasteiger partial charge is 0.289 e. The van der Waals surface area contributed by atoms with Crippen LogP contribution >= 0.6 is 0 Å². The Morgan fingerprint density at radius 2 is 1.81 bits per heavy atom. The molecule has 2 aromatic rings. The van der Waals surface area contributed by atoms with Crippen molar-refractivity contribution in [3.05, 3.63) is 69.3 Å². The molecule has 0 radical (unpaired) electrons. The van der Waals surface area contributed by atoms with E-state index in [-0.39, 0.29) is 4.90 Å². The van der Waals surface area contributed by atoms with Gasteiger partial charge >= 0.3 is 0 Å². The van der Waals surface area contributed by atoms with E-state index in [1.165, 1.54) is 41.8 Å². The number of nitro groups is 1. The van der Waals surface area contributed by atoms with E-state index in [0.717, 1.165) is 24.8 Å². The predicted octanol–water partition coefficient (Wildman–Crippen LogP) is 3.90. The van der Waals surface area contributed by atoms with Gasteiger partial charge in [0.25, 0.3) is 5.69 Å². The van der Waals surface area contributed by atoms with Gasteiger partial charge in [-0.3, -0.25) is 10.1 Å². The lowest BCUT2D eigenvalue weighted by atomic mass is 9.89. The van der Waals surface area contributed by atoms with Gasteiger partial charge in [-0.25, -0.2) is 13.1 Å². The van der Waals surface area contributed by atoms with Crippen molar-refractivity contribution in [2.75, 3.05) is 0 Å². The lowest BCUT2D eigenvalue weighted by Crippen LogP contribution is -2.29. The molecule has 1 aliphatic rings. The quantitative estimate of drug-likeness (QED) is 0.613. The van der Waals surface area contributed by atoms with Gasteiger partial charge in [0.05, 0.1) is 4.92 Å². The number of hydrogen-bond donors (Lipinski definition) is 1. The Morgan fingerprint density at radius 3 is 2.50 bits per heavy atom. The summed E-state index contributed by atoms with van der Waals surface area (Å²) < 4.78 is 28.2. The van der Waals surface area contributed by atoms with Gasteiger partial charge in [-0.2, -0.15) is 0 Å². The van der Waals surface area contributed by atoms with Crippen LogP contribution in [0.2, 0.25) is 0 Å². The molecule has 0 fully saturated rings. The summed E-state index contributed by atoms with van der Waals surface area (Å²) in [5, 5.41) is 11.2. The monoisotopic (exact) mass is 374 g/mol. The summed E-state index contributed by atoms with van der Waals surface area (Å²) in [5.74, 6) is 0. The first-order chi connectivity index (χ1) is 12.4. The fraction of sp³-hybridized carbons (Fsp3) is 0.368. The van der Waals surface area contributed by atoms with E-state index in [9.17, 15) is 18.5 Å². The van der Waals surface area contributed by atoms with Crippen molar-refractivity contribution in [1.82, 2.24) is 4.72 Å². The third kappa shape index (κ3) is 3.78. The number of fused-ring (bicyclic) bond motifs is 1. The zero-order chi connectivity index (χ0) is 18.7. The zero-order valence-corrected chi connectivity index (χ0v) is 15.5. The molecular weight excluding hydrogens is 352 g/mol. The van der Waals surface area contributed by atoms with Gasteiger partial charge < -0.3 is 0 Å². The second-order valence-electron chi connectivity index (χ2n) is 6.54. The van der Waals surface area contributed by atoms with Crippen LogP contribution in [0.3, 0.4) is 0 Å². The van der Waals surface area contributed by atoms with Crippen LogP contribution < -0.4 is 4.72 Å². The molecule has 0 aromatic heterocycles. The summed E-state index contributed by atoms with van der Waals surface area (Å²) in [7, 11) is -4.01. The van der Waals surface area contributed by atoms with E-state index < -0.39 is 26.7 Å². The van der Waals surface area contributed by atoms with Crippen LogP contribution in [-0.2, 0) is 22.9 Å². The normalized spacial score (nSPS) is 15.3. The molecule has 0 saturated carbocycles. The van der Waals surface area contributed by atoms with E-state index in [0.29, 0.717) is 6.42 Å². The molecule has 26 heavy (non-hydrogen) atoms. The summed E-state index contributed by atoms with van der Waals surface area (Å²) in [5.41, 5.74) is 3.09. The molecule has 1 aliphatic carbocycles. The Kier molecular flexibility index (Phi) is 5.38. The number of hydrogen-bond acceptors (Lipinski definition) is 4. The van der Waals surface area contributed by atoms with Crippen molar-refractivity contribution in [2.24, 2.45) is 0 Å². The maximum atomic E-state index is 12.8. The lowest BCUT2D eigenvalue weighted by molar-refractivity contribution is -0.387. The van der Waals surface area contributed by atoms with E-state index in [2.05, 4.69) is 16.9 Å². The Hall–Kier alpha value is -2.25. The van der Waals surface area contributed by atoms with E-state index in [1.807, 2.05) is 13.0 Å². The fourth-order valence-electron chi connectivity index (χ4n) is 3.44. The topological polar surface area (TPSA) is 89.3 Å². The number of rotatable bonds is 6. The molecule has 6 nitrogen and oxygen atoms in total. The maximum absolute atomic E-state index is 12.8. The first-order valence-electron chi connectivity index (χ1n) is 8.80. The number of benzene rings is 2. The molecule has 0 saturated heterocycles. The number of nitro benzene ring substituents is 1. The predicted molar refractivity (Wildman–Crippen MR) is 99.5 cm³/mol. The van der Waals surface area contributed by atoms with Crippen molar-refractivity contribution >= 4 is 15.7 Å². The summed E-state index contributed by atoms with van der Waals surface area (Å²) in [6.07, 6.45) is 4.96. The Balaban J connectivity index is 1.92. The van der Waals surface area contributed by atoms with Crippen LogP contribution in [-0.4, -0.2) is 13.3 Å².